The SMILES string of the molecule is C=CCOC(=O)Nc1ccc([C@H]2O[C@@H](CN3[C@@H](C(=O)NC(C)(C)C)CC[C@H]4CCCC[C@H]43)C[C@@H](c3ccc(CO)cc3)O2)cc1. The number of aliphatic hydroxyl groups is 1. The zero-order valence-electron chi connectivity index (χ0n) is 26.9. The van der Waals surface area contributed by atoms with E-state index in [4.69, 9.17) is 14.2 Å². The maximum absolute atomic E-state index is 13.7. The van der Waals surface area contributed by atoms with Crippen molar-refractivity contribution in [2.75, 3.05) is 18.5 Å². The average molecular weight is 620 g/mol. The summed E-state index contributed by atoms with van der Waals surface area (Å²) >= 11 is 0. The Hall–Kier alpha value is -3.24. The number of likely N-dealkylation sites (tertiary alicyclic amines) is 1. The predicted molar refractivity (Wildman–Crippen MR) is 173 cm³/mol. The summed E-state index contributed by atoms with van der Waals surface area (Å²) in [5.74, 6) is 0.703. The van der Waals surface area contributed by atoms with Crippen molar-refractivity contribution in [3.63, 3.8) is 0 Å². The van der Waals surface area contributed by atoms with Crippen molar-refractivity contribution in [1.29, 1.82) is 0 Å². The van der Waals surface area contributed by atoms with Gasteiger partial charge in [0.2, 0.25) is 5.91 Å². The molecule has 2 saturated heterocycles. The summed E-state index contributed by atoms with van der Waals surface area (Å²) in [6, 6.07) is 15.4. The van der Waals surface area contributed by atoms with E-state index in [9.17, 15) is 14.7 Å². The molecule has 0 spiro atoms. The Kier molecular flexibility index (Phi) is 11.0. The first-order chi connectivity index (χ1) is 21.6. The number of amides is 2. The molecule has 1 saturated carbocycles. The van der Waals surface area contributed by atoms with Crippen molar-refractivity contribution in [2.45, 2.75) is 108 Å². The Balaban J connectivity index is 1.39. The zero-order valence-corrected chi connectivity index (χ0v) is 26.9. The molecule has 3 fully saturated rings. The molecule has 9 heteroatoms. The lowest BCUT2D eigenvalue weighted by atomic mass is 9.75. The lowest BCUT2D eigenvalue weighted by Crippen LogP contribution is -2.61. The Morgan fingerprint density at radius 2 is 1.71 bits per heavy atom. The van der Waals surface area contributed by atoms with Crippen LogP contribution < -0.4 is 10.6 Å². The van der Waals surface area contributed by atoms with Crippen molar-refractivity contribution < 1.29 is 28.9 Å². The molecule has 5 rings (SSSR count). The number of aliphatic hydroxyl groups excluding tert-OH is 1. The third kappa shape index (κ3) is 8.73. The number of anilines is 1. The van der Waals surface area contributed by atoms with Crippen LogP contribution in [0.3, 0.4) is 0 Å². The Bertz CT molecular complexity index is 1290. The van der Waals surface area contributed by atoms with Crippen LogP contribution in [-0.4, -0.2) is 58.9 Å². The van der Waals surface area contributed by atoms with Gasteiger partial charge < -0.3 is 24.6 Å². The van der Waals surface area contributed by atoms with Gasteiger partial charge in [0.15, 0.2) is 6.29 Å². The van der Waals surface area contributed by atoms with Crippen LogP contribution in [0.2, 0.25) is 0 Å². The van der Waals surface area contributed by atoms with E-state index in [2.05, 4.69) is 22.1 Å². The molecule has 3 aliphatic rings. The molecule has 2 heterocycles. The van der Waals surface area contributed by atoms with Gasteiger partial charge in [-0.25, -0.2) is 4.79 Å². The highest BCUT2D eigenvalue weighted by molar-refractivity contribution is 5.84. The second kappa shape index (κ2) is 14.9. The molecule has 9 nitrogen and oxygen atoms in total. The molecule has 0 radical (unpaired) electrons. The first-order valence-corrected chi connectivity index (χ1v) is 16.4. The number of nitrogens with one attached hydrogen (secondary N) is 2. The molecule has 2 aromatic rings. The maximum Gasteiger partial charge on any atom is 0.411 e. The molecular formula is C36H49N3O6. The van der Waals surface area contributed by atoms with Gasteiger partial charge in [-0.2, -0.15) is 0 Å². The zero-order chi connectivity index (χ0) is 32.0. The largest absolute Gasteiger partial charge is 0.445 e. The van der Waals surface area contributed by atoms with Gasteiger partial charge in [-0.15, -0.1) is 0 Å². The second-order valence-corrected chi connectivity index (χ2v) is 13.6. The molecule has 2 amide bonds. The van der Waals surface area contributed by atoms with Gasteiger partial charge in [0.05, 0.1) is 24.9 Å². The van der Waals surface area contributed by atoms with E-state index in [1.54, 1.807) is 12.1 Å². The maximum atomic E-state index is 13.7. The highest BCUT2D eigenvalue weighted by Crippen LogP contribution is 2.42. The fourth-order valence-electron chi connectivity index (χ4n) is 7.01. The second-order valence-electron chi connectivity index (χ2n) is 13.6. The molecule has 3 N–H and O–H groups in total. The minimum Gasteiger partial charge on any atom is -0.445 e. The van der Waals surface area contributed by atoms with Crippen LogP contribution in [0.1, 0.15) is 94.8 Å². The number of carbonyl (C=O) groups excluding carboxylic acids is 2. The van der Waals surface area contributed by atoms with Crippen molar-refractivity contribution in [2.24, 2.45) is 5.92 Å². The smallest absolute Gasteiger partial charge is 0.411 e. The summed E-state index contributed by atoms with van der Waals surface area (Å²) in [6.07, 6.45) is 7.26. The minimum absolute atomic E-state index is 0.0167. The molecule has 2 aromatic carbocycles. The molecular weight excluding hydrogens is 570 g/mol. The van der Waals surface area contributed by atoms with Crippen LogP contribution in [0.4, 0.5) is 10.5 Å². The number of fused-ring (bicyclic) bond motifs is 1. The van der Waals surface area contributed by atoms with E-state index >= 15 is 0 Å². The van der Waals surface area contributed by atoms with Crippen LogP contribution in [0, 0.1) is 5.92 Å². The monoisotopic (exact) mass is 619 g/mol. The summed E-state index contributed by atoms with van der Waals surface area (Å²) < 4.78 is 18.3. The van der Waals surface area contributed by atoms with E-state index in [0.717, 1.165) is 36.0 Å². The van der Waals surface area contributed by atoms with Gasteiger partial charge in [0, 0.05) is 35.8 Å². The lowest BCUT2D eigenvalue weighted by Gasteiger charge is -2.50. The van der Waals surface area contributed by atoms with Crippen molar-refractivity contribution in [3.05, 3.63) is 77.9 Å². The van der Waals surface area contributed by atoms with E-state index < -0.39 is 12.4 Å². The normalized spacial score (nSPS) is 27.2. The van der Waals surface area contributed by atoms with E-state index in [1.807, 2.05) is 57.2 Å². The number of hydrogen-bond donors (Lipinski definition) is 3. The van der Waals surface area contributed by atoms with Gasteiger partial charge in [-0.3, -0.25) is 15.0 Å². The summed E-state index contributed by atoms with van der Waals surface area (Å²) in [5.41, 5.74) is 2.99. The Morgan fingerprint density at radius 3 is 2.40 bits per heavy atom. The van der Waals surface area contributed by atoms with Crippen molar-refractivity contribution in [3.8, 4) is 0 Å². The molecule has 244 valence electrons. The summed E-state index contributed by atoms with van der Waals surface area (Å²) in [4.78, 5) is 28.1. The number of benzene rings is 2. The standard InChI is InChI=1S/C36H49N3O6/c1-5-20-43-35(42)37-28-17-14-27(15-18-28)34-44-29(21-32(45-34)26-12-10-24(23-40)11-13-26)22-39-30-9-7-6-8-25(30)16-19-31(39)33(41)38-36(2,3)4/h5,10-15,17-18,25,29-32,34,40H,1,6-9,16,19-23H2,2-4H3,(H,37,42)(H,38,41)/t25-,29-,30-,31-,32+,34+/m1/s1. The van der Waals surface area contributed by atoms with Crippen molar-refractivity contribution in [1.82, 2.24) is 10.2 Å². The van der Waals surface area contributed by atoms with Crippen LogP contribution in [0.5, 0.6) is 0 Å². The van der Waals surface area contributed by atoms with Gasteiger partial charge in [-0.1, -0.05) is 61.9 Å². The Labute approximate surface area is 267 Å². The quantitative estimate of drug-likeness (QED) is 0.279. The fraction of sp³-hybridized carbons (Fsp3) is 0.556. The van der Waals surface area contributed by atoms with Gasteiger partial charge in [-0.05, 0) is 75.6 Å². The summed E-state index contributed by atoms with van der Waals surface area (Å²) in [5, 5.41) is 15.5. The Morgan fingerprint density at radius 1 is 1.00 bits per heavy atom. The molecule has 0 aromatic heterocycles. The van der Waals surface area contributed by atoms with Gasteiger partial charge >= 0.3 is 6.09 Å². The van der Waals surface area contributed by atoms with Crippen LogP contribution in [0.15, 0.2) is 61.2 Å². The van der Waals surface area contributed by atoms with E-state index in [0.29, 0.717) is 30.6 Å². The number of nitrogens with zero attached hydrogens (tertiary/aromatic N) is 1. The molecule has 45 heavy (non-hydrogen) atoms. The van der Waals surface area contributed by atoms with Crippen LogP contribution >= 0.6 is 0 Å². The molecule has 0 unspecified atom stereocenters. The number of ether oxygens (including phenoxy) is 3. The van der Waals surface area contributed by atoms with E-state index in [1.165, 1.54) is 25.3 Å². The van der Waals surface area contributed by atoms with Gasteiger partial charge in [0.25, 0.3) is 0 Å². The minimum atomic E-state index is -0.637. The fourth-order valence-corrected chi connectivity index (χ4v) is 7.01. The first-order valence-electron chi connectivity index (χ1n) is 16.4. The molecule has 2 aliphatic heterocycles. The highest BCUT2D eigenvalue weighted by atomic mass is 16.7. The summed E-state index contributed by atoms with van der Waals surface area (Å²) in [7, 11) is 0. The van der Waals surface area contributed by atoms with E-state index in [-0.39, 0.29) is 42.9 Å². The topological polar surface area (TPSA) is 109 Å². The number of piperidine rings is 1. The third-order valence-electron chi connectivity index (χ3n) is 9.10. The summed E-state index contributed by atoms with van der Waals surface area (Å²) in [6.45, 7) is 10.4. The number of hydrogen-bond acceptors (Lipinski definition) is 7. The molecule has 0 bridgehead atoms. The lowest BCUT2D eigenvalue weighted by molar-refractivity contribution is -0.255. The van der Waals surface area contributed by atoms with Crippen LogP contribution in [-0.2, 0) is 25.6 Å². The third-order valence-corrected chi connectivity index (χ3v) is 9.10. The van der Waals surface area contributed by atoms with Crippen LogP contribution in [0.25, 0.3) is 0 Å². The first kappa shape index (κ1) is 33.1. The highest BCUT2D eigenvalue weighted by Gasteiger charge is 2.44. The molecule has 6 atom stereocenters. The number of rotatable bonds is 9. The molecule has 1 aliphatic carbocycles. The van der Waals surface area contributed by atoms with Crippen molar-refractivity contribution >= 4 is 17.7 Å². The average Bonchev–Trinajstić information content (AvgIpc) is 3.03. The van der Waals surface area contributed by atoms with Gasteiger partial charge in [0.1, 0.15) is 6.61 Å². The number of carbonyl (C=O) groups is 2. The predicted octanol–water partition coefficient (Wildman–Crippen LogP) is 6.40.